The van der Waals surface area contributed by atoms with Gasteiger partial charge in [-0.15, -0.1) is 0 Å². The largest absolute Gasteiger partial charge is 0.462 e. The van der Waals surface area contributed by atoms with Gasteiger partial charge in [-0.05, 0) is 70.6 Å². The molecule has 0 N–H and O–H groups in total. The van der Waals surface area contributed by atoms with Crippen LogP contribution in [0.5, 0.6) is 0 Å². The summed E-state index contributed by atoms with van der Waals surface area (Å²) in [6.45, 7) is 6.44. The van der Waals surface area contributed by atoms with Crippen LogP contribution in [-0.2, 0) is 28.6 Å². The van der Waals surface area contributed by atoms with Crippen molar-refractivity contribution in [2.45, 2.75) is 258 Å². The van der Waals surface area contributed by atoms with Gasteiger partial charge in [0.1, 0.15) is 13.2 Å². The summed E-state index contributed by atoms with van der Waals surface area (Å²) in [6, 6.07) is 0. The van der Waals surface area contributed by atoms with Crippen LogP contribution in [0, 0.1) is 0 Å². The molecule has 59 heavy (non-hydrogen) atoms. The Labute approximate surface area is 365 Å². The fourth-order valence-electron chi connectivity index (χ4n) is 7.05. The Hall–Kier alpha value is -2.63. The summed E-state index contributed by atoms with van der Waals surface area (Å²) in [5.74, 6) is -0.921. The van der Waals surface area contributed by atoms with Crippen molar-refractivity contribution in [1.82, 2.24) is 0 Å². The van der Waals surface area contributed by atoms with Crippen LogP contribution in [0.3, 0.4) is 0 Å². The number of esters is 3. The maximum absolute atomic E-state index is 12.7. The second-order valence-corrected chi connectivity index (χ2v) is 16.7. The molecule has 0 spiro atoms. The number of allylic oxidation sites excluding steroid dienone is 8. The van der Waals surface area contributed by atoms with Crippen molar-refractivity contribution in [2.24, 2.45) is 0 Å². The average Bonchev–Trinajstić information content (AvgIpc) is 3.23. The molecule has 0 bridgehead atoms. The van der Waals surface area contributed by atoms with Gasteiger partial charge in [0.2, 0.25) is 0 Å². The summed E-state index contributed by atoms with van der Waals surface area (Å²) < 4.78 is 16.7. The minimum absolute atomic E-state index is 0.0856. The highest BCUT2D eigenvalue weighted by Gasteiger charge is 2.19. The maximum Gasteiger partial charge on any atom is 0.306 e. The highest BCUT2D eigenvalue weighted by Crippen LogP contribution is 2.16. The summed E-state index contributed by atoms with van der Waals surface area (Å²) in [4.78, 5) is 37.8. The summed E-state index contributed by atoms with van der Waals surface area (Å²) >= 11 is 0. The van der Waals surface area contributed by atoms with Gasteiger partial charge in [-0.3, -0.25) is 14.4 Å². The number of carbonyl (C=O) groups excluding carboxylic acids is 3. The normalized spacial score (nSPS) is 12.4. The van der Waals surface area contributed by atoms with E-state index < -0.39 is 6.10 Å². The number of rotatable bonds is 45. The third kappa shape index (κ3) is 46.3. The third-order valence-electron chi connectivity index (χ3n) is 10.8. The van der Waals surface area contributed by atoms with Crippen LogP contribution in [0.25, 0.3) is 0 Å². The molecule has 0 radical (unpaired) electrons. The summed E-state index contributed by atoms with van der Waals surface area (Å²) in [6.07, 6.45) is 56.8. The molecule has 0 rings (SSSR count). The first-order valence-corrected chi connectivity index (χ1v) is 25.1. The number of hydrogen-bond donors (Lipinski definition) is 0. The molecule has 0 fully saturated rings. The minimum atomic E-state index is -0.787. The Morgan fingerprint density at radius 3 is 1.14 bits per heavy atom. The SMILES string of the molecule is CC/C=C\C/C=C\C/C=C\CCCCCC(=O)OC(COC(=O)CCCCCCC/C=C\CCC)COC(=O)CCCCCCCCCCCCCCCCCCCC. The van der Waals surface area contributed by atoms with Gasteiger partial charge in [0.15, 0.2) is 6.10 Å². The lowest BCUT2D eigenvalue weighted by Crippen LogP contribution is -2.30. The van der Waals surface area contributed by atoms with Crippen molar-refractivity contribution in [1.29, 1.82) is 0 Å². The number of carbonyl (C=O) groups is 3. The van der Waals surface area contributed by atoms with E-state index in [2.05, 4.69) is 69.4 Å². The second-order valence-electron chi connectivity index (χ2n) is 16.7. The smallest absolute Gasteiger partial charge is 0.306 e. The molecule has 0 aliphatic heterocycles. The lowest BCUT2D eigenvalue weighted by atomic mass is 10.0. The molecular formula is C53H94O6. The fraction of sp³-hybridized carbons (Fsp3) is 0.792. The van der Waals surface area contributed by atoms with Gasteiger partial charge in [-0.1, -0.05) is 211 Å². The average molecular weight is 827 g/mol. The van der Waals surface area contributed by atoms with Crippen LogP contribution in [0.15, 0.2) is 48.6 Å². The first-order chi connectivity index (χ1) is 29.0. The van der Waals surface area contributed by atoms with E-state index in [-0.39, 0.29) is 31.1 Å². The van der Waals surface area contributed by atoms with Crippen molar-refractivity contribution in [3.63, 3.8) is 0 Å². The van der Waals surface area contributed by atoms with Crippen molar-refractivity contribution < 1.29 is 28.6 Å². The van der Waals surface area contributed by atoms with Gasteiger partial charge in [0, 0.05) is 19.3 Å². The van der Waals surface area contributed by atoms with Crippen molar-refractivity contribution >= 4 is 17.9 Å². The molecule has 0 aliphatic rings. The Balaban J connectivity index is 4.33. The van der Waals surface area contributed by atoms with Gasteiger partial charge in [-0.25, -0.2) is 0 Å². The summed E-state index contributed by atoms with van der Waals surface area (Å²) in [5, 5.41) is 0. The Bertz CT molecular complexity index is 1040. The van der Waals surface area contributed by atoms with Crippen molar-refractivity contribution in [3.8, 4) is 0 Å². The van der Waals surface area contributed by atoms with Crippen molar-refractivity contribution in [2.75, 3.05) is 13.2 Å². The predicted molar refractivity (Wildman–Crippen MR) is 252 cm³/mol. The number of unbranched alkanes of at least 4 members (excludes halogenated alkanes) is 26. The zero-order valence-corrected chi connectivity index (χ0v) is 39.0. The van der Waals surface area contributed by atoms with E-state index in [1.54, 1.807) is 0 Å². The minimum Gasteiger partial charge on any atom is -0.462 e. The molecule has 6 heteroatoms. The topological polar surface area (TPSA) is 78.9 Å². The zero-order valence-electron chi connectivity index (χ0n) is 39.0. The first-order valence-electron chi connectivity index (χ1n) is 25.1. The van der Waals surface area contributed by atoms with Gasteiger partial charge >= 0.3 is 17.9 Å². The maximum atomic E-state index is 12.7. The molecule has 0 aromatic carbocycles. The molecule has 0 heterocycles. The number of hydrogen-bond acceptors (Lipinski definition) is 6. The van der Waals surface area contributed by atoms with E-state index in [1.807, 2.05) is 0 Å². The summed E-state index contributed by atoms with van der Waals surface area (Å²) in [5.41, 5.74) is 0. The fourth-order valence-corrected chi connectivity index (χ4v) is 7.05. The highest BCUT2D eigenvalue weighted by molar-refractivity contribution is 5.71. The van der Waals surface area contributed by atoms with Gasteiger partial charge in [0.25, 0.3) is 0 Å². The molecule has 1 unspecified atom stereocenters. The lowest BCUT2D eigenvalue weighted by Gasteiger charge is -2.18. The molecular weight excluding hydrogens is 733 g/mol. The summed E-state index contributed by atoms with van der Waals surface area (Å²) in [7, 11) is 0. The van der Waals surface area contributed by atoms with Crippen LogP contribution in [0.4, 0.5) is 0 Å². The molecule has 0 aromatic rings. The molecule has 0 aliphatic carbocycles. The third-order valence-corrected chi connectivity index (χ3v) is 10.8. The molecule has 0 aromatic heterocycles. The van der Waals surface area contributed by atoms with Crippen LogP contribution in [-0.4, -0.2) is 37.2 Å². The van der Waals surface area contributed by atoms with Crippen LogP contribution in [0.2, 0.25) is 0 Å². The molecule has 1 atom stereocenters. The van der Waals surface area contributed by atoms with Crippen LogP contribution < -0.4 is 0 Å². The highest BCUT2D eigenvalue weighted by atomic mass is 16.6. The van der Waals surface area contributed by atoms with E-state index in [0.29, 0.717) is 19.3 Å². The molecule has 6 nitrogen and oxygen atoms in total. The number of ether oxygens (including phenoxy) is 3. The van der Waals surface area contributed by atoms with Gasteiger partial charge in [0.05, 0.1) is 0 Å². The van der Waals surface area contributed by atoms with Gasteiger partial charge in [-0.2, -0.15) is 0 Å². The molecule has 0 saturated carbocycles. The monoisotopic (exact) mass is 827 g/mol. The first kappa shape index (κ1) is 56.4. The molecule has 0 saturated heterocycles. The zero-order chi connectivity index (χ0) is 43.0. The Kier molecular flexibility index (Phi) is 45.9. The molecule has 0 amide bonds. The van der Waals surface area contributed by atoms with Crippen LogP contribution in [0.1, 0.15) is 252 Å². The van der Waals surface area contributed by atoms with E-state index in [9.17, 15) is 14.4 Å². The lowest BCUT2D eigenvalue weighted by molar-refractivity contribution is -0.167. The quantitative estimate of drug-likeness (QED) is 0.0263. The van der Waals surface area contributed by atoms with E-state index in [4.69, 9.17) is 14.2 Å². The van der Waals surface area contributed by atoms with Crippen molar-refractivity contribution in [3.05, 3.63) is 48.6 Å². The standard InChI is InChI=1S/C53H94O6/c1-4-7-10-13-16-19-22-24-25-26-27-28-30-31-34-37-40-43-46-52(55)58-49-50(48-57-51(54)45-42-39-36-33-21-18-15-12-9-6-3)59-53(56)47-44-41-38-35-32-29-23-20-17-14-11-8-5-2/h8,11-12,15,17,20,29,32,50H,4-7,9-10,13-14,16,18-19,21-28,30-31,33-49H2,1-3H3/b11-8-,15-12-,20-17-,32-29-. The predicted octanol–water partition coefficient (Wildman–Crippen LogP) is 16.3. The Morgan fingerprint density at radius 2 is 0.695 bits per heavy atom. The molecule has 342 valence electrons. The van der Waals surface area contributed by atoms with Crippen LogP contribution >= 0.6 is 0 Å². The van der Waals surface area contributed by atoms with E-state index >= 15 is 0 Å². The van der Waals surface area contributed by atoms with E-state index in [0.717, 1.165) is 96.3 Å². The Morgan fingerprint density at radius 1 is 0.356 bits per heavy atom. The van der Waals surface area contributed by atoms with Gasteiger partial charge < -0.3 is 14.2 Å². The van der Waals surface area contributed by atoms with E-state index in [1.165, 1.54) is 116 Å². The second kappa shape index (κ2) is 48.0.